The monoisotopic (exact) mass is 271 g/mol. The van der Waals surface area contributed by atoms with E-state index >= 15 is 0 Å². The van der Waals surface area contributed by atoms with Crippen LogP contribution >= 0.6 is 0 Å². The van der Waals surface area contributed by atoms with Gasteiger partial charge in [-0.3, -0.25) is 4.98 Å². The van der Waals surface area contributed by atoms with Crippen LogP contribution in [-0.4, -0.2) is 10.1 Å². The first-order valence-corrected chi connectivity index (χ1v) is 7.24. The lowest BCUT2D eigenvalue weighted by Gasteiger charge is -2.29. The summed E-state index contributed by atoms with van der Waals surface area (Å²) in [5, 5.41) is 10.4. The minimum atomic E-state index is -0.547. The smallest absolute Gasteiger partial charge is 0.101 e. The molecule has 2 rings (SSSR count). The SMILES string of the molecule is CC(C)(C1=CC=CC1)c1cccc([C@H](O)C(C)(C)C)n1. The first kappa shape index (κ1) is 15.0. The van der Waals surface area contributed by atoms with Gasteiger partial charge in [-0.2, -0.15) is 0 Å². The van der Waals surface area contributed by atoms with Crippen LogP contribution in [0.25, 0.3) is 0 Å². The van der Waals surface area contributed by atoms with Crippen molar-refractivity contribution in [3.63, 3.8) is 0 Å². The fraction of sp³-hybridized carbons (Fsp3) is 0.500. The van der Waals surface area contributed by atoms with Crippen molar-refractivity contribution in [2.45, 2.75) is 52.6 Å². The summed E-state index contributed by atoms with van der Waals surface area (Å²) in [6.07, 6.45) is 6.89. The normalized spacial score (nSPS) is 17.2. The maximum absolute atomic E-state index is 10.4. The van der Waals surface area contributed by atoms with Crippen LogP contribution in [0.15, 0.2) is 42.0 Å². The molecule has 0 saturated carbocycles. The lowest BCUT2D eigenvalue weighted by Crippen LogP contribution is -2.24. The second-order valence-electron chi connectivity index (χ2n) is 7.17. The van der Waals surface area contributed by atoms with E-state index in [4.69, 9.17) is 4.98 Å². The molecular formula is C18H25NO. The minimum Gasteiger partial charge on any atom is -0.386 e. The van der Waals surface area contributed by atoms with E-state index < -0.39 is 6.10 Å². The zero-order chi connectivity index (χ0) is 15.0. The lowest BCUT2D eigenvalue weighted by atomic mass is 9.79. The first-order chi connectivity index (χ1) is 9.23. The van der Waals surface area contributed by atoms with Gasteiger partial charge in [0.05, 0.1) is 11.4 Å². The standard InChI is InChI=1S/C18H25NO/c1-17(2,3)16(20)14-11-8-12-15(19-14)18(4,5)13-9-6-7-10-13/h6-9,11-12,16,20H,10H2,1-5H3/t16-/m0/s1. The van der Waals surface area contributed by atoms with Crippen LogP contribution in [0.1, 0.15) is 58.5 Å². The van der Waals surface area contributed by atoms with Gasteiger partial charge in [0.1, 0.15) is 6.10 Å². The van der Waals surface area contributed by atoms with E-state index in [0.29, 0.717) is 0 Å². The highest BCUT2D eigenvalue weighted by atomic mass is 16.3. The van der Waals surface area contributed by atoms with Gasteiger partial charge < -0.3 is 5.11 Å². The Morgan fingerprint density at radius 1 is 1.15 bits per heavy atom. The average molecular weight is 271 g/mol. The van der Waals surface area contributed by atoms with Crippen molar-refractivity contribution >= 4 is 0 Å². The highest BCUT2D eigenvalue weighted by Gasteiger charge is 2.30. The summed E-state index contributed by atoms with van der Waals surface area (Å²) >= 11 is 0. The number of pyridine rings is 1. The predicted molar refractivity (Wildman–Crippen MR) is 83.5 cm³/mol. The Kier molecular flexibility index (Phi) is 3.88. The molecule has 1 atom stereocenters. The number of nitrogens with zero attached hydrogens (tertiary/aromatic N) is 1. The van der Waals surface area contributed by atoms with Gasteiger partial charge in [0.2, 0.25) is 0 Å². The number of hydrogen-bond donors (Lipinski definition) is 1. The van der Waals surface area contributed by atoms with Gasteiger partial charge in [0.25, 0.3) is 0 Å². The van der Waals surface area contributed by atoms with E-state index in [1.165, 1.54) is 5.57 Å². The summed E-state index contributed by atoms with van der Waals surface area (Å²) in [5.74, 6) is 0. The third kappa shape index (κ3) is 2.85. The van der Waals surface area contributed by atoms with Crippen molar-refractivity contribution in [3.05, 3.63) is 53.4 Å². The van der Waals surface area contributed by atoms with Crippen molar-refractivity contribution in [2.75, 3.05) is 0 Å². The molecule has 0 amide bonds. The van der Waals surface area contributed by atoms with Gasteiger partial charge in [-0.1, -0.05) is 64.5 Å². The molecule has 2 heteroatoms. The van der Waals surface area contributed by atoms with E-state index in [-0.39, 0.29) is 10.8 Å². The van der Waals surface area contributed by atoms with Crippen molar-refractivity contribution in [3.8, 4) is 0 Å². The van der Waals surface area contributed by atoms with Gasteiger partial charge in [-0.05, 0) is 24.0 Å². The van der Waals surface area contributed by atoms with Crippen molar-refractivity contribution in [2.24, 2.45) is 5.41 Å². The molecule has 20 heavy (non-hydrogen) atoms. The van der Waals surface area contributed by atoms with E-state index in [2.05, 4.69) is 38.1 Å². The maximum Gasteiger partial charge on any atom is 0.101 e. The molecule has 1 aliphatic carbocycles. The van der Waals surface area contributed by atoms with Crippen LogP contribution in [0, 0.1) is 5.41 Å². The molecule has 0 aliphatic heterocycles. The topological polar surface area (TPSA) is 33.1 Å². The fourth-order valence-electron chi connectivity index (χ4n) is 2.47. The quantitative estimate of drug-likeness (QED) is 0.888. The van der Waals surface area contributed by atoms with Gasteiger partial charge in [0.15, 0.2) is 0 Å². The molecule has 0 spiro atoms. The van der Waals surface area contributed by atoms with Crippen molar-refractivity contribution in [1.82, 2.24) is 4.98 Å². The summed E-state index contributed by atoms with van der Waals surface area (Å²) in [5.41, 5.74) is 2.84. The zero-order valence-electron chi connectivity index (χ0n) is 13.1. The molecule has 108 valence electrons. The van der Waals surface area contributed by atoms with Crippen LogP contribution in [0.5, 0.6) is 0 Å². The Morgan fingerprint density at radius 3 is 2.40 bits per heavy atom. The second-order valence-corrected chi connectivity index (χ2v) is 7.17. The highest BCUT2D eigenvalue weighted by Crippen LogP contribution is 2.36. The molecule has 0 bridgehead atoms. The summed E-state index contributed by atoms with van der Waals surface area (Å²) in [6.45, 7) is 10.5. The molecule has 1 aromatic heterocycles. The highest BCUT2D eigenvalue weighted by molar-refractivity contribution is 5.37. The molecule has 2 nitrogen and oxygen atoms in total. The molecule has 0 fully saturated rings. The Bertz CT molecular complexity index is 547. The van der Waals surface area contributed by atoms with E-state index in [1.54, 1.807) is 0 Å². The van der Waals surface area contributed by atoms with E-state index in [0.717, 1.165) is 17.8 Å². The summed E-state index contributed by atoms with van der Waals surface area (Å²) in [4.78, 5) is 4.74. The number of rotatable bonds is 3. The largest absolute Gasteiger partial charge is 0.386 e. The average Bonchev–Trinajstić information content (AvgIpc) is 2.91. The Hall–Kier alpha value is -1.41. The van der Waals surface area contributed by atoms with Crippen LogP contribution in [-0.2, 0) is 5.41 Å². The summed E-state index contributed by atoms with van der Waals surface area (Å²) in [7, 11) is 0. The Morgan fingerprint density at radius 2 is 1.85 bits per heavy atom. The molecule has 0 unspecified atom stereocenters. The molecule has 0 aromatic carbocycles. The number of aliphatic hydroxyl groups excluding tert-OH is 1. The van der Waals surface area contributed by atoms with Crippen LogP contribution in [0.3, 0.4) is 0 Å². The van der Waals surface area contributed by atoms with Crippen LogP contribution < -0.4 is 0 Å². The number of hydrogen-bond acceptors (Lipinski definition) is 2. The van der Waals surface area contributed by atoms with Crippen LogP contribution in [0.2, 0.25) is 0 Å². The third-order valence-corrected chi connectivity index (χ3v) is 4.09. The predicted octanol–water partition coefficient (Wildman–Crippen LogP) is 4.33. The van der Waals surface area contributed by atoms with Gasteiger partial charge in [0, 0.05) is 5.41 Å². The van der Waals surface area contributed by atoms with Gasteiger partial charge in [-0.25, -0.2) is 0 Å². The number of aromatic nitrogens is 1. The number of allylic oxidation sites excluding steroid dienone is 4. The molecule has 0 radical (unpaired) electrons. The summed E-state index contributed by atoms with van der Waals surface area (Å²) in [6, 6.07) is 5.96. The zero-order valence-corrected chi connectivity index (χ0v) is 13.1. The van der Waals surface area contributed by atoms with Crippen molar-refractivity contribution in [1.29, 1.82) is 0 Å². The first-order valence-electron chi connectivity index (χ1n) is 7.24. The van der Waals surface area contributed by atoms with Gasteiger partial charge in [-0.15, -0.1) is 0 Å². The summed E-state index contributed by atoms with van der Waals surface area (Å²) < 4.78 is 0. The Balaban J connectivity index is 2.35. The van der Waals surface area contributed by atoms with E-state index in [1.807, 2.05) is 32.9 Å². The third-order valence-electron chi connectivity index (χ3n) is 4.09. The molecule has 0 saturated heterocycles. The van der Waals surface area contributed by atoms with Crippen molar-refractivity contribution < 1.29 is 5.11 Å². The molecular weight excluding hydrogens is 246 g/mol. The molecule has 1 N–H and O–H groups in total. The van der Waals surface area contributed by atoms with E-state index in [9.17, 15) is 5.11 Å². The maximum atomic E-state index is 10.4. The minimum absolute atomic E-state index is 0.100. The number of aliphatic hydroxyl groups is 1. The second kappa shape index (κ2) is 5.17. The molecule has 1 aliphatic rings. The van der Waals surface area contributed by atoms with Crippen LogP contribution in [0.4, 0.5) is 0 Å². The molecule has 1 heterocycles. The molecule has 1 aromatic rings. The fourth-order valence-corrected chi connectivity index (χ4v) is 2.47. The van der Waals surface area contributed by atoms with Gasteiger partial charge >= 0.3 is 0 Å². The lowest BCUT2D eigenvalue weighted by molar-refractivity contribution is 0.0586. The Labute approximate surface area is 122 Å².